The molecule has 0 radical (unpaired) electrons. The molecule has 0 aromatic heterocycles. The summed E-state index contributed by atoms with van der Waals surface area (Å²) in [5, 5.41) is 3.13. The van der Waals surface area contributed by atoms with Gasteiger partial charge in [-0.05, 0) is 67.3 Å². The lowest BCUT2D eigenvalue weighted by Crippen LogP contribution is -2.35. The molecular weight excluding hydrogens is 448 g/mol. The maximum absolute atomic E-state index is 13.3. The number of sulfonamides is 1. The van der Waals surface area contributed by atoms with Gasteiger partial charge in [0, 0.05) is 6.54 Å². The Kier molecular flexibility index (Phi) is 6.39. The van der Waals surface area contributed by atoms with Crippen LogP contribution in [0.25, 0.3) is 0 Å². The zero-order valence-corrected chi connectivity index (χ0v) is 19.1. The molecule has 0 aliphatic carbocycles. The van der Waals surface area contributed by atoms with E-state index in [9.17, 15) is 13.2 Å². The highest BCUT2D eigenvalue weighted by molar-refractivity contribution is 7.92. The third kappa shape index (κ3) is 4.59. The molecule has 1 aliphatic heterocycles. The van der Waals surface area contributed by atoms with Crippen LogP contribution in [-0.2, 0) is 21.2 Å². The molecule has 1 aliphatic rings. The van der Waals surface area contributed by atoms with Gasteiger partial charge in [-0.25, -0.2) is 8.42 Å². The Labute approximate surface area is 192 Å². The molecule has 1 N–H and O–H groups in total. The lowest BCUT2D eigenvalue weighted by molar-refractivity contribution is -0.118. The van der Waals surface area contributed by atoms with E-state index in [1.165, 1.54) is 10.4 Å². The maximum atomic E-state index is 13.3. The molecule has 4 rings (SSSR count). The molecule has 3 aromatic rings. The average molecular weight is 471 g/mol. The number of anilines is 2. The van der Waals surface area contributed by atoms with E-state index >= 15 is 0 Å². The van der Waals surface area contributed by atoms with E-state index < -0.39 is 10.0 Å². The second-order valence-corrected chi connectivity index (χ2v) is 9.82. The first-order chi connectivity index (χ1) is 15.4. The molecule has 0 bridgehead atoms. The highest BCUT2D eigenvalue weighted by atomic mass is 35.5. The first-order valence-electron chi connectivity index (χ1n) is 10.2. The summed E-state index contributed by atoms with van der Waals surface area (Å²) in [5.74, 6) is 0.0800. The molecule has 1 heterocycles. The van der Waals surface area contributed by atoms with Crippen molar-refractivity contribution in [3.8, 4) is 5.75 Å². The third-order valence-electron chi connectivity index (χ3n) is 5.31. The predicted octanol–water partition coefficient (Wildman–Crippen LogP) is 4.81. The van der Waals surface area contributed by atoms with Crippen molar-refractivity contribution in [3.05, 3.63) is 82.9 Å². The van der Waals surface area contributed by atoms with Gasteiger partial charge >= 0.3 is 0 Å². The van der Waals surface area contributed by atoms with Crippen molar-refractivity contribution in [2.24, 2.45) is 0 Å². The minimum absolute atomic E-state index is 0.194. The Balaban J connectivity index is 1.48. The molecular formula is C24H23ClN2O4S. The van der Waals surface area contributed by atoms with Crippen molar-refractivity contribution in [2.75, 3.05) is 22.8 Å². The number of benzene rings is 3. The van der Waals surface area contributed by atoms with E-state index in [1.807, 2.05) is 24.3 Å². The summed E-state index contributed by atoms with van der Waals surface area (Å²) in [6, 6.07) is 19.2. The third-order valence-corrected chi connectivity index (χ3v) is 7.45. The Morgan fingerprint density at radius 1 is 1.09 bits per heavy atom. The van der Waals surface area contributed by atoms with Crippen LogP contribution in [0.15, 0.2) is 71.6 Å². The van der Waals surface area contributed by atoms with Crippen molar-refractivity contribution in [1.82, 2.24) is 0 Å². The fourth-order valence-corrected chi connectivity index (χ4v) is 5.52. The fraction of sp³-hybridized carbons (Fsp3) is 0.208. The van der Waals surface area contributed by atoms with Crippen LogP contribution >= 0.6 is 11.6 Å². The highest BCUT2D eigenvalue weighted by Gasteiger charge is 2.29. The number of nitrogens with zero attached hydrogens (tertiary/aromatic N) is 1. The predicted molar refractivity (Wildman–Crippen MR) is 126 cm³/mol. The molecule has 0 saturated carbocycles. The summed E-state index contributed by atoms with van der Waals surface area (Å²) in [6.07, 6.45) is 1.64. The smallest absolute Gasteiger partial charge is 0.264 e. The van der Waals surface area contributed by atoms with Crippen molar-refractivity contribution in [1.29, 1.82) is 0 Å². The van der Waals surface area contributed by atoms with E-state index in [2.05, 4.69) is 5.32 Å². The van der Waals surface area contributed by atoms with Crippen LogP contribution in [0.4, 0.5) is 11.4 Å². The molecule has 0 atom stereocenters. The molecule has 8 heteroatoms. The summed E-state index contributed by atoms with van der Waals surface area (Å²) >= 11 is 6.05. The van der Waals surface area contributed by atoms with Gasteiger partial charge in [-0.15, -0.1) is 0 Å². The van der Waals surface area contributed by atoms with E-state index in [0.717, 1.165) is 24.1 Å². The van der Waals surface area contributed by atoms with Gasteiger partial charge in [0.25, 0.3) is 15.9 Å². The maximum Gasteiger partial charge on any atom is 0.264 e. The molecule has 0 spiro atoms. The summed E-state index contributed by atoms with van der Waals surface area (Å²) in [4.78, 5) is 12.4. The van der Waals surface area contributed by atoms with Crippen molar-refractivity contribution >= 4 is 38.9 Å². The number of hydrogen-bond acceptors (Lipinski definition) is 4. The van der Waals surface area contributed by atoms with Crippen molar-refractivity contribution < 1.29 is 17.9 Å². The minimum Gasteiger partial charge on any atom is -0.483 e. The number of amides is 1. The first kappa shape index (κ1) is 22.2. The highest BCUT2D eigenvalue weighted by Crippen LogP contribution is 2.33. The molecule has 0 fully saturated rings. The van der Waals surface area contributed by atoms with Crippen LogP contribution in [0, 0.1) is 6.92 Å². The summed E-state index contributed by atoms with van der Waals surface area (Å²) in [7, 11) is -3.71. The van der Waals surface area contributed by atoms with Gasteiger partial charge in [0.15, 0.2) is 6.61 Å². The van der Waals surface area contributed by atoms with E-state index in [-0.39, 0.29) is 17.4 Å². The number of carbonyl (C=O) groups excluding carboxylic acids is 1. The molecule has 0 unspecified atom stereocenters. The number of fused-ring (bicyclic) bond motifs is 1. The largest absolute Gasteiger partial charge is 0.483 e. The van der Waals surface area contributed by atoms with Crippen LogP contribution in [-0.4, -0.2) is 27.5 Å². The normalized spacial score (nSPS) is 13.4. The number of carbonyl (C=O) groups is 1. The number of aryl methyl sites for hydroxylation is 2. The zero-order valence-electron chi connectivity index (χ0n) is 17.5. The molecule has 0 saturated heterocycles. The number of hydrogen-bond donors (Lipinski definition) is 1. The molecule has 166 valence electrons. The van der Waals surface area contributed by atoms with Crippen LogP contribution in [0.1, 0.15) is 17.5 Å². The average Bonchev–Trinajstić information content (AvgIpc) is 2.79. The summed E-state index contributed by atoms with van der Waals surface area (Å²) in [6.45, 7) is 1.97. The molecule has 6 nitrogen and oxygen atoms in total. The number of halogens is 1. The second-order valence-electron chi connectivity index (χ2n) is 7.55. The number of nitrogens with one attached hydrogen (secondary N) is 1. The summed E-state index contributed by atoms with van der Waals surface area (Å²) in [5.41, 5.74) is 2.89. The topological polar surface area (TPSA) is 75.7 Å². The zero-order chi connectivity index (χ0) is 22.7. The second kappa shape index (κ2) is 9.22. The van der Waals surface area contributed by atoms with E-state index in [1.54, 1.807) is 43.3 Å². The van der Waals surface area contributed by atoms with E-state index in [4.69, 9.17) is 16.3 Å². The standard InChI is InChI=1S/C24H23ClN2O4S/c1-17-15-19(32(29,30)27-14-6-8-18-7-2-5-11-22(18)27)12-13-23(17)31-16-24(28)26-21-10-4-3-9-20(21)25/h2-5,7,9-13,15H,6,8,14,16H2,1H3,(H,26,28). The van der Waals surface area contributed by atoms with Crippen LogP contribution < -0.4 is 14.4 Å². The molecule has 32 heavy (non-hydrogen) atoms. The van der Waals surface area contributed by atoms with Gasteiger partial charge in [-0.3, -0.25) is 9.10 Å². The van der Waals surface area contributed by atoms with Gasteiger partial charge < -0.3 is 10.1 Å². The number of rotatable bonds is 6. The Bertz CT molecular complexity index is 1260. The van der Waals surface area contributed by atoms with E-state index in [0.29, 0.717) is 28.6 Å². The monoisotopic (exact) mass is 470 g/mol. The Hall–Kier alpha value is -3.03. The molecule has 1 amide bonds. The van der Waals surface area contributed by atoms with Gasteiger partial charge in [-0.1, -0.05) is 41.9 Å². The first-order valence-corrected chi connectivity index (χ1v) is 12.1. The number of ether oxygens (including phenoxy) is 1. The lowest BCUT2D eigenvalue weighted by Gasteiger charge is -2.30. The SMILES string of the molecule is Cc1cc(S(=O)(=O)N2CCCc3ccccc32)ccc1OCC(=O)Nc1ccccc1Cl. The Morgan fingerprint density at radius 2 is 1.84 bits per heavy atom. The van der Waals surface area contributed by atoms with Crippen LogP contribution in [0.5, 0.6) is 5.75 Å². The van der Waals surface area contributed by atoms with Gasteiger partial charge in [-0.2, -0.15) is 0 Å². The minimum atomic E-state index is -3.71. The van der Waals surface area contributed by atoms with Crippen LogP contribution in [0.2, 0.25) is 5.02 Å². The quantitative estimate of drug-likeness (QED) is 0.561. The van der Waals surface area contributed by atoms with Crippen molar-refractivity contribution in [2.45, 2.75) is 24.7 Å². The van der Waals surface area contributed by atoms with Gasteiger partial charge in [0.1, 0.15) is 5.75 Å². The van der Waals surface area contributed by atoms with Gasteiger partial charge in [0.2, 0.25) is 0 Å². The summed E-state index contributed by atoms with van der Waals surface area (Å²) < 4.78 is 33.7. The van der Waals surface area contributed by atoms with Crippen LogP contribution in [0.3, 0.4) is 0 Å². The fourth-order valence-electron chi connectivity index (χ4n) is 3.71. The molecule has 3 aromatic carbocycles. The van der Waals surface area contributed by atoms with Gasteiger partial charge in [0.05, 0.1) is 21.3 Å². The lowest BCUT2D eigenvalue weighted by atomic mass is 10.0. The Morgan fingerprint density at radius 3 is 2.62 bits per heavy atom. The van der Waals surface area contributed by atoms with Crippen molar-refractivity contribution in [3.63, 3.8) is 0 Å². The number of para-hydroxylation sites is 2.